The first-order valence-electron chi connectivity index (χ1n) is 6.85. The van der Waals surface area contributed by atoms with Gasteiger partial charge in [0.05, 0.1) is 0 Å². The minimum atomic E-state index is 0.834. The quantitative estimate of drug-likeness (QED) is 0.735. The Labute approximate surface area is 133 Å². The summed E-state index contributed by atoms with van der Waals surface area (Å²) >= 11 is 2.30. The topological polar surface area (TPSA) is 49.8 Å². The molecule has 0 radical (unpaired) electrons. The van der Waals surface area contributed by atoms with E-state index in [1.807, 2.05) is 6.07 Å². The third-order valence-corrected chi connectivity index (χ3v) is 3.44. The second kappa shape index (κ2) is 7.42. The van der Waals surface area contributed by atoms with Gasteiger partial charge in [-0.25, -0.2) is 9.97 Å². The maximum Gasteiger partial charge on any atom is 0.136 e. The van der Waals surface area contributed by atoms with Gasteiger partial charge in [-0.2, -0.15) is 0 Å². The third-order valence-electron chi connectivity index (χ3n) is 2.72. The highest BCUT2D eigenvalue weighted by atomic mass is 127. The molecule has 0 unspecified atom stereocenters. The molecule has 4 nitrogen and oxygen atoms in total. The third kappa shape index (κ3) is 4.33. The minimum absolute atomic E-state index is 0.834. The molecule has 1 heterocycles. The fraction of sp³-hybridized carbons (Fsp3) is 0.333. The summed E-state index contributed by atoms with van der Waals surface area (Å²) in [6.45, 7) is 5.05. The number of nitrogens with zero attached hydrogens (tertiary/aromatic N) is 2. The molecule has 0 aliphatic carbocycles. The van der Waals surface area contributed by atoms with Crippen molar-refractivity contribution in [1.29, 1.82) is 0 Å². The summed E-state index contributed by atoms with van der Waals surface area (Å²) < 4.78 is 1.22. The Bertz CT molecular complexity index is 530. The van der Waals surface area contributed by atoms with E-state index in [2.05, 4.69) is 81.3 Å². The Balaban J connectivity index is 2.22. The number of aromatic nitrogens is 2. The maximum absolute atomic E-state index is 4.56. The van der Waals surface area contributed by atoms with Gasteiger partial charge in [-0.1, -0.05) is 6.92 Å². The number of halogens is 1. The van der Waals surface area contributed by atoms with E-state index >= 15 is 0 Å². The Morgan fingerprint density at radius 1 is 1.05 bits per heavy atom. The van der Waals surface area contributed by atoms with Gasteiger partial charge >= 0.3 is 0 Å². The van der Waals surface area contributed by atoms with Crippen LogP contribution in [0, 0.1) is 3.57 Å². The molecule has 1 aromatic heterocycles. The lowest BCUT2D eigenvalue weighted by molar-refractivity contribution is 0.837. The Hall–Kier alpha value is -1.37. The number of hydrogen-bond donors (Lipinski definition) is 2. The number of rotatable bonds is 6. The van der Waals surface area contributed by atoms with Crippen molar-refractivity contribution >= 4 is 39.9 Å². The van der Waals surface area contributed by atoms with Crippen LogP contribution >= 0.6 is 22.6 Å². The lowest BCUT2D eigenvalue weighted by atomic mass is 10.3. The molecule has 0 fully saturated rings. The zero-order valence-electron chi connectivity index (χ0n) is 11.8. The van der Waals surface area contributed by atoms with Crippen molar-refractivity contribution in [2.75, 3.05) is 17.2 Å². The van der Waals surface area contributed by atoms with E-state index in [-0.39, 0.29) is 0 Å². The van der Waals surface area contributed by atoms with Crippen LogP contribution in [0.1, 0.15) is 26.1 Å². The van der Waals surface area contributed by atoms with Crippen molar-refractivity contribution in [3.05, 3.63) is 39.7 Å². The highest BCUT2D eigenvalue weighted by Crippen LogP contribution is 2.19. The fourth-order valence-electron chi connectivity index (χ4n) is 1.85. The Morgan fingerprint density at radius 3 is 2.40 bits per heavy atom. The van der Waals surface area contributed by atoms with Gasteiger partial charge in [-0.05, 0) is 60.2 Å². The minimum Gasteiger partial charge on any atom is -0.370 e. The summed E-state index contributed by atoms with van der Waals surface area (Å²) in [5, 5.41) is 6.58. The van der Waals surface area contributed by atoms with Gasteiger partial charge in [0.2, 0.25) is 0 Å². The molecule has 5 heteroatoms. The van der Waals surface area contributed by atoms with Crippen LogP contribution in [0.25, 0.3) is 0 Å². The van der Waals surface area contributed by atoms with Crippen LogP contribution in [0.3, 0.4) is 0 Å². The molecule has 2 N–H and O–H groups in total. The van der Waals surface area contributed by atoms with E-state index in [9.17, 15) is 0 Å². The van der Waals surface area contributed by atoms with E-state index in [4.69, 9.17) is 0 Å². The van der Waals surface area contributed by atoms with Gasteiger partial charge in [0, 0.05) is 28.3 Å². The average Bonchev–Trinajstić information content (AvgIpc) is 2.42. The van der Waals surface area contributed by atoms with E-state index in [1.165, 1.54) is 3.57 Å². The second-order valence-corrected chi connectivity index (χ2v) is 5.71. The standard InChI is InChI=1S/C15H19IN4/c1-3-5-13-19-14(17-4-2)10-15(20-13)18-12-8-6-11(16)7-9-12/h6-10H,3-5H2,1-2H3,(H2,17,18,19,20). The van der Waals surface area contributed by atoms with E-state index < -0.39 is 0 Å². The summed E-state index contributed by atoms with van der Waals surface area (Å²) in [5.41, 5.74) is 1.04. The van der Waals surface area contributed by atoms with E-state index in [0.717, 1.165) is 42.5 Å². The fourth-order valence-corrected chi connectivity index (χ4v) is 2.21. The number of hydrogen-bond acceptors (Lipinski definition) is 4. The van der Waals surface area contributed by atoms with Crippen LogP contribution in [0.4, 0.5) is 17.3 Å². The Morgan fingerprint density at radius 2 is 1.75 bits per heavy atom. The van der Waals surface area contributed by atoms with Crippen LogP contribution in [0.2, 0.25) is 0 Å². The molecule has 20 heavy (non-hydrogen) atoms. The molecule has 106 valence electrons. The zero-order valence-corrected chi connectivity index (χ0v) is 13.9. The van der Waals surface area contributed by atoms with Gasteiger partial charge in [-0.15, -0.1) is 0 Å². The van der Waals surface area contributed by atoms with Crippen molar-refractivity contribution in [2.24, 2.45) is 0 Å². The van der Waals surface area contributed by atoms with Crippen LogP contribution in [-0.4, -0.2) is 16.5 Å². The molecule has 0 spiro atoms. The van der Waals surface area contributed by atoms with Crippen molar-refractivity contribution in [3.63, 3.8) is 0 Å². The molecular formula is C15H19IN4. The summed E-state index contributed by atoms with van der Waals surface area (Å²) in [7, 11) is 0. The molecule has 0 saturated heterocycles. The lowest BCUT2D eigenvalue weighted by Crippen LogP contribution is -2.06. The molecule has 2 rings (SSSR count). The normalized spacial score (nSPS) is 10.3. The number of nitrogens with one attached hydrogen (secondary N) is 2. The van der Waals surface area contributed by atoms with Gasteiger partial charge < -0.3 is 10.6 Å². The molecule has 0 bridgehead atoms. The van der Waals surface area contributed by atoms with Crippen LogP contribution in [0.15, 0.2) is 30.3 Å². The summed E-state index contributed by atoms with van der Waals surface area (Å²) in [6.07, 6.45) is 1.93. The van der Waals surface area contributed by atoms with Crippen molar-refractivity contribution < 1.29 is 0 Å². The number of anilines is 3. The van der Waals surface area contributed by atoms with Gasteiger partial charge in [0.1, 0.15) is 17.5 Å². The van der Waals surface area contributed by atoms with Gasteiger partial charge in [0.15, 0.2) is 0 Å². The largest absolute Gasteiger partial charge is 0.370 e. The SMILES string of the molecule is CCCc1nc(NCC)cc(Nc2ccc(I)cc2)n1. The van der Waals surface area contributed by atoms with E-state index in [0.29, 0.717) is 0 Å². The highest BCUT2D eigenvalue weighted by molar-refractivity contribution is 14.1. The summed E-state index contributed by atoms with van der Waals surface area (Å²) in [6, 6.07) is 10.2. The van der Waals surface area contributed by atoms with Gasteiger partial charge in [0.25, 0.3) is 0 Å². The van der Waals surface area contributed by atoms with Crippen LogP contribution < -0.4 is 10.6 Å². The van der Waals surface area contributed by atoms with Crippen molar-refractivity contribution in [2.45, 2.75) is 26.7 Å². The highest BCUT2D eigenvalue weighted by Gasteiger charge is 2.04. The molecule has 0 aliphatic heterocycles. The lowest BCUT2D eigenvalue weighted by Gasteiger charge is -2.10. The summed E-state index contributed by atoms with van der Waals surface area (Å²) in [4.78, 5) is 9.06. The predicted molar refractivity (Wildman–Crippen MR) is 92.6 cm³/mol. The van der Waals surface area contributed by atoms with Crippen LogP contribution in [0.5, 0.6) is 0 Å². The average molecular weight is 382 g/mol. The van der Waals surface area contributed by atoms with Crippen LogP contribution in [-0.2, 0) is 6.42 Å². The number of benzene rings is 1. The first-order chi connectivity index (χ1) is 9.71. The molecule has 0 amide bonds. The zero-order chi connectivity index (χ0) is 14.4. The van der Waals surface area contributed by atoms with Crippen molar-refractivity contribution in [1.82, 2.24) is 9.97 Å². The Kier molecular flexibility index (Phi) is 5.58. The second-order valence-electron chi connectivity index (χ2n) is 4.47. The monoisotopic (exact) mass is 382 g/mol. The predicted octanol–water partition coefficient (Wildman–Crippen LogP) is 4.21. The first-order valence-corrected chi connectivity index (χ1v) is 7.93. The van der Waals surface area contributed by atoms with Gasteiger partial charge in [-0.3, -0.25) is 0 Å². The molecule has 2 aromatic rings. The van der Waals surface area contributed by atoms with E-state index in [1.54, 1.807) is 0 Å². The maximum atomic E-state index is 4.56. The molecule has 0 aliphatic rings. The molecule has 1 aromatic carbocycles. The first kappa shape index (κ1) is 15.0. The molecular weight excluding hydrogens is 363 g/mol. The smallest absolute Gasteiger partial charge is 0.136 e. The van der Waals surface area contributed by atoms with Crippen molar-refractivity contribution in [3.8, 4) is 0 Å². The summed E-state index contributed by atoms with van der Waals surface area (Å²) in [5.74, 6) is 2.58. The number of aryl methyl sites for hydroxylation is 1. The molecule has 0 saturated carbocycles. The molecule has 0 atom stereocenters.